The molecule has 5 nitrogen and oxygen atoms in total. The lowest BCUT2D eigenvalue weighted by Crippen LogP contribution is -2.45. The van der Waals surface area contributed by atoms with Crippen LogP contribution in [0.1, 0.15) is 0 Å². The summed E-state index contributed by atoms with van der Waals surface area (Å²) in [4.78, 5) is 18.0. The summed E-state index contributed by atoms with van der Waals surface area (Å²) in [5.41, 5.74) is 1.10. The minimum absolute atomic E-state index is 0.765. The van der Waals surface area contributed by atoms with E-state index in [1.54, 1.807) is 17.7 Å². The van der Waals surface area contributed by atoms with Crippen LogP contribution in [-0.4, -0.2) is 53.1 Å². The molecule has 0 spiro atoms. The molecule has 0 saturated carbocycles. The molecule has 1 saturated heterocycles. The lowest BCUT2D eigenvalue weighted by Gasteiger charge is -2.32. The summed E-state index contributed by atoms with van der Waals surface area (Å²) in [6.45, 7) is 4.01. The zero-order valence-electron chi connectivity index (χ0n) is 12.4. The van der Waals surface area contributed by atoms with E-state index in [2.05, 4.69) is 56.5 Å². The number of hydrogen-bond acceptors (Lipinski definition) is 6. The van der Waals surface area contributed by atoms with Crippen LogP contribution in [0.5, 0.6) is 0 Å². The number of anilines is 1. The summed E-state index contributed by atoms with van der Waals surface area (Å²) in [6, 6.07) is 8.37. The van der Waals surface area contributed by atoms with Gasteiger partial charge in [-0.25, -0.2) is 9.97 Å². The smallest absolute Gasteiger partial charge is 0.228 e. The Morgan fingerprint density at radius 3 is 2.73 bits per heavy atom. The Kier molecular flexibility index (Phi) is 3.48. The first-order chi connectivity index (χ1) is 10.8. The maximum Gasteiger partial charge on any atom is 0.228 e. The molecule has 1 aliphatic rings. The number of likely N-dealkylation sites (N-methyl/N-ethyl adjacent to an activating group) is 1. The Labute approximate surface area is 133 Å². The van der Waals surface area contributed by atoms with Crippen LogP contribution in [0.4, 0.5) is 5.95 Å². The molecule has 0 amide bonds. The van der Waals surface area contributed by atoms with Gasteiger partial charge in [0.15, 0.2) is 5.82 Å². The SMILES string of the molecule is CN1CCN(c2ncnc(-c3csc4ccccc34)n2)CC1. The zero-order valence-corrected chi connectivity index (χ0v) is 13.3. The molecule has 3 heterocycles. The van der Waals surface area contributed by atoms with Gasteiger partial charge in [-0.2, -0.15) is 4.98 Å². The summed E-state index contributed by atoms with van der Waals surface area (Å²) < 4.78 is 1.26. The third-order valence-electron chi connectivity index (χ3n) is 4.07. The first kappa shape index (κ1) is 13.6. The van der Waals surface area contributed by atoms with Crippen LogP contribution >= 0.6 is 11.3 Å². The lowest BCUT2D eigenvalue weighted by molar-refractivity contribution is 0.311. The average molecular weight is 311 g/mol. The Morgan fingerprint density at radius 2 is 1.86 bits per heavy atom. The van der Waals surface area contributed by atoms with Gasteiger partial charge in [0.05, 0.1) is 0 Å². The van der Waals surface area contributed by atoms with E-state index in [-0.39, 0.29) is 0 Å². The number of piperazine rings is 1. The van der Waals surface area contributed by atoms with Crippen LogP contribution < -0.4 is 4.90 Å². The number of aromatic nitrogens is 3. The fourth-order valence-electron chi connectivity index (χ4n) is 2.73. The van der Waals surface area contributed by atoms with E-state index >= 15 is 0 Å². The van der Waals surface area contributed by atoms with Gasteiger partial charge < -0.3 is 9.80 Å². The van der Waals surface area contributed by atoms with Gasteiger partial charge in [0.25, 0.3) is 0 Å². The van der Waals surface area contributed by atoms with E-state index in [0.717, 1.165) is 43.5 Å². The van der Waals surface area contributed by atoms with Crippen molar-refractivity contribution in [3.63, 3.8) is 0 Å². The van der Waals surface area contributed by atoms with E-state index in [9.17, 15) is 0 Å². The summed E-state index contributed by atoms with van der Waals surface area (Å²) in [5.74, 6) is 1.55. The average Bonchev–Trinajstić information content (AvgIpc) is 3.00. The van der Waals surface area contributed by atoms with Gasteiger partial charge in [-0.15, -0.1) is 11.3 Å². The molecule has 3 aromatic rings. The monoisotopic (exact) mass is 311 g/mol. The molecule has 0 bridgehead atoms. The fourth-order valence-corrected chi connectivity index (χ4v) is 3.67. The van der Waals surface area contributed by atoms with Crippen LogP contribution in [0.2, 0.25) is 0 Å². The third kappa shape index (κ3) is 2.44. The molecule has 6 heteroatoms. The van der Waals surface area contributed by atoms with Crippen molar-refractivity contribution in [2.75, 3.05) is 38.1 Å². The van der Waals surface area contributed by atoms with Crippen molar-refractivity contribution in [3.05, 3.63) is 36.0 Å². The summed E-state index contributed by atoms with van der Waals surface area (Å²) in [6.07, 6.45) is 1.63. The summed E-state index contributed by atoms with van der Waals surface area (Å²) in [7, 11) is 2.15. The molecule has 0 radical (unpaired) electrons. The van der Waals surface area contributed by atoms with Crippen molar-refractivity contribution in [2.45, 2.75) is 0 Å². The van der Waals surface area contributed by atoms with Gasteiger partial charge in [-0.1, -0.05) is 18.2 Å². The molecular formula is C16H17N5S. The van der Waals surface area contributed by atoms with Gasteiger partial charge in [0.1, 0.15) is 6.33 Å². The number of fused-ring (bicyclic) bond motifs is 1. The Morgan fingerprint density at radius 1 is 1.05 bits per heavy atom. The van der Waals surface area contributed by atoms with Crippen LogP contribution in [0.25, 0.3) is 21.5 Å². The number of hydrogen-bond donors (Lipinski definition) is 0. The molecule has 0 aliphatic carbocycles. The molecule has 2 aromatic heterocycles. The second-order valence-electron chi connectivity index (χ2n) is 5.54. The van der Waals surface area contributed by atoms with Crippen LogP contribution in [0.15, 0.2) is 36.0 Å². The maximum atomic E-state index is 4.71. The molecule has 0 unspecified atom stereocenters. The van der Waals surface area contributed by atoms with Gasteiger partial charge >= 0.3 is 0 Å². The highest BCUT2D eigenvalue weighted by atomic mass is 32.1. The van der Waals surface area contributed by atoms with Crippen LogP contribution in [-0.2, 0) is 0 Å². The molecule has 1 aliphatic heterocycles. The topological polar surface area (TPSA) is 45.2 Å². The Balaban J connectivity index is 1.70. The number of nitrogens with zero attached hydrogens (tertiary/aromatic N) is 5. The van der Waals surface area contributed by atoms with Crippen molar-refractivity contribution in [3.8, 4) is 11.4 Å². The number of benzene rings is 1. The Hall–Kier alpha value is -2.05. The second-order valence-corrected chi connectivity index (χ2v) is 6.46. The predicted molar refractivity (Wildman–Crippen MR) is 90.4 cm³/mol. The van der Waals surface area contributed by atoms with E-state index in [1.807, 2.05) is 0 Å². The fraction of sp³-hybridized carbons (Fsp3) is 0.312. The highest BCUT2D eigenvalue weighted by Crippen LogP contribution is 2.32. The zero-order chi connectivity index (χ0) is 14.9. The van der Waals surface area contributed by atoms with Gasteiger partial charge in [-0.3, -0.25) is 0 Å². The van der Waals surface area contributed by atoms with Gasteiger partial charge in [-0.05, 0) is 13.1 Å². The first-order valence-corrected chi connectivity index (χ1v) is 8.28. The number of thiophene rings is 1. The van der Waals surface area contributed by atoms with Crippen LogP contribution in [0.3, 0.4) is 0 Å². The highest BCUT2D eigenvalue weighted by Gasteiger charge is 2.18. The summed E-state index contributed by atoms with van der Waals surface area (Å²) >= 11 is 1.73. The minimum Gasteiger partial charge on any atom is -0.338 e. The minimum atomic E-state index is 0.765. The first-order valence-electron chi connectivity index (χ1n) is 7.40. The quantitative estimate of drug-likeness (QED) is 0.727. The maximum absolute atomic E-state index is 4.71. The van der Waals surface area contributed by atoms with E-state index in [4.69, 9.17) is 4.98 Å². The van der Waals surface area contributed by atoms with E-state index in [0.29, 0.717) is 0 Å². The Bertz CT molecular complexity index is 792. The predicted octanol–water partition coefficient (Wildman–Crippen LogP) is 2.51. The van der Waals surface area contributed by atoms with Crippen molar-refractivity contribution in [2.24, 2.45) is 0 Å². The van der Waals surface area contributed by atoms with Gasteiger partial charge in [0, 0.05) is 47.2 Å². The van der Waals surface area contributed by atoms with Crippen molar-refractivity contribution >= 4 is 27.4 Å². The molecular weight excluding hydrogens is 294 g/mol. The largest absolute Gasteiger partial charge is 0.338 e. The molecule has 0 N–H and O–H groups in total. The molecule has 1 aromatic carbocycles. The standard InChI is InChI=1S/C16H17N5S/c1-20-6-8-21(9-7-20)16-18-11-17-15(19-16)13-10-22-14-5-3-2-4-12(13)14/h2-5,10-11H,6-9H2,1H3. The molecule has 1 fully saturated rings. The van der Waals surface area contributed by atoms with Gasteiger partial charge in [0.2, 0.25) is 5.95 Å². The number of rotatable bonds is 2. The van der Waals surface area contributed by atoms with Crippen LogP contribution in [0, 0.1) is 0 Å². The van der Waals surface area contributed by atoms with Crippen molar-refractivity contribution in [1.29, 1.82) is 0 Å². The normalized spacial score (nSPS) is 16.3. The van der Waals surface area contributed by atoms with E-state index < -0.39 is 0 Å². The lowest BCUT2D eigenvalue weighted by atomic mass is 10.2. The third-order valence-corrected chi connectivity index (χ3v) is 5.03. The molecule has 4 rings (SSSR count). The van der Waals surface area contributed by atoms with E-state index in [1.165, 1.54) is 10.1 Å². The highest BCUT2D eigenvalue weighted by molar-refractivity contribution is 7.17. The molecule has 0 atom stereocenters. The van der Waals surface area contributed by atoms with Crippen molar-refractivity contribution in [1.82, 2.24) is 19.9 Å². The molecule has 22 heavy (non-hydrogen) atoms. The molecule has 112 valence electrons. The van der Waals surface area contributed by atoms with Crippen molar-refractivity contribution < 1.29 is 0 Å². The summed E-state index contributed by atoms with van der Waals surface area (Å²) in [5, 5.41) is 3.34. The second kappa shape index (κ2) is 5.62.